The van der Waals surface area contributed by atoms with Crippen LogP contribution in [-0.4, -0.2) is 25.5 Å². The minimum Gasteiger partial charge on any atom is -0.459 e. The second-order valence-corrected chi connectivity index (χ2v) is 6.05. The molecule has 26 heavy (non-hydrogen) atoms. The van der Waals surface area contributed by atoms with Gasteiger partial charge in [0.15, 0.2) is 5.76 Å². The van der Waals surface area contributed by atoms with E-state index in [9.17, 15) is 4.79 Å². The Morgan fingerprint density at radius 2 is 1.69 bits per heavy atom. The van der Waals surface area contributed by atoms with Gasteiger partial charge in [-0.2, -0.15) is 0 Å². The molecule has 134 valence electrons. The number of carbonyl (C=O) groups is 1. The van der Waals surface area contributed by atoms with Gasteiger partial charge in [-0.3, -0.25) is 4.79 Å². The maximum atomic E-state index is 12.5. The van der Waals surface area contributed by atoms with Crippen molar-refractivity contribution < 1.29 is 9.21 Å². The average molecular weight is 348 g/mol. The third-order valence-corrected chi connectivity index (χ3v) is 4.35. The van der Waals surface area contributed by atoms with Gasteiger partial charge in [-0.15, -0.1) is 0 Å². The smallest absolute Gasteiger partial charge is 0.287 e. The van der Waals surface area contributed by atoms with E-state index in [-0.39, 0.29) is 5.91 Å². The van der Waals surface area contributed by atoms with Crippen LogP contribution in [0.5, 0.6) is 0 Å². The molecule has 1 aromatic heterocycles. The monoisotopic (exact) mass is 348 g/mol. The number of benzene rings is 2. The van der Waals surface area contributed by atoms with Gasteiger partial charge in [-0.25, -0.2) is 0 Å². The SMILES string of the molecule is CCN(CCCNC(=O)c1occc1-c1ccccc1)c1ccccc1. The van der Waals surface area contributed by atoms with E-state index >= 15 is 0 Å². The Bertz CT molecular complexity index is 812. The minimum absolute atomic E-state index is 0.170. The van der Waals surface area contributed by atoms with E-state index in [1.54, 1.807) is 6.26 Å². The van der Waals surface area contributed by atoms with Crippen LogP contribution in [0.1, 0.15) is 23.9 Å². The highest BCUT2D eigenvalue weighted by Crippen LogP contribution is 2.24. The molecule has 1 heterocycles. The highest BCUT2D eigenvalue weighted by Gasteiger charge is 2.16. The van der Waals surface area contributed by atoms with Gasteiger partial charge in [0.05, 0.1) is 6.26 Å². The van der Waals surface area contributed by atoms with Crippen LogP contribution in [-0.2, 0) is 0 Å². The normalized spacial score (nSPS) is 10.5. The van der Waals surface area contributed by atoms with E-state index in [0.717, 1.165) is 30.6 Å². The number of amides is 1. The first-order valence-corrected chi connectivity index (χ1v) is 9.00. The predicted molar refractivity (Wildman–Crippen MR) is 105 cm³/mol. The molecule has 0 radical (unpaired) electrons. The van der Waals surface area contributed by atoms with Crippen molar-refractivity contribution in [3.8, 4) is 11.1 Å². The molecule has 0 aliphatic rings. The molecule has 3 rings (SSSR count). The molecule has 0 aliphatic carbocycles. The summed E-state index contributed by atoms with van der Waals surface area (Å²) in [6, 6.07) is 22.0. The molecule has 0 spiro atoms. The lowest BCUT2D eigenvalue weighted by Crippen LogP contribution is -2.30. The Morgan fingerprint density at radius 1 is 1.00 bits per heavy atom. The molecule has 0 saturated carbocycles. The van der Waals surface area contributed by atoms with Crippen molar-refractivity contribution in [2.45, 2.75) is 13.3 Å². The minimum atomic E-state index is -0.170. The predicted octanol–water partition coefficient (Wildman–Crippen LogP) is 4.59. The summed E-state index contributed by atoms with van der Waals surface area (Å²) in [5, 5.41) is 2.97. The quantitative estimate of drug-likeness (QED) is 0.606. The Hall–Kier alpha value is -3.01. The van der Waals surface area contributed by atoms with Crippen molar-refractivity contribution >= 4 is 11.6 Å². The van der Waals surface area contributed by atoms with Crippen LogP contribution in [0.25, 0.3) is 11.1 Å². The van der Waals surface area contributed by atoms with Crippen LogP contribution in [0.2, 0.25) is 0 Å². The highest BCUT2D eigenvalue weighted by atomic mass is 16.3. The number of hydrogen-bond acceptors (Lipinski definition) is 3. The van der Waals surface area contributed by atoms with Crippen LogP contribution in [0.15, 0.2) is 77.4 Å². The summed E-state index contributed by atoms with van der Waals surface area (Å²) < 4.78 is 5.43. The standard InChI is InChI=1S/C22H24N2O2/c1-2-24(19-12-7-4-8-13-19)16-9-15-23-22(25)21-20(14-17-26-21)18-10-5-3-6-11-18/h3-8,10-14,17H,2,9,15-16H2,1H3,(H,23,25). The van der Waals surface area contributed by atoms with E-state index in [0.29, 0.717) is 12.3 Å². The molecule has 0 bridgehead atoms. The van der Waals surface area contributed by atoms with Crippen molar-refractivity contribution in [1.82, 2.24) is 5.32 Å². The molecule has 0 fully saturated rings. The fraction of sp³-hybridized carbons (Fsp3) is 0.227. The summed E-state index contributed by atoms with van der Waals surface area (Å²) in [5.74, 6) is 0.197. The van der Waals surface area contributed by atoms with Crippen molar-refractivity contribution in [2.24, 2.45) is 0 Å². The Kier molecular flexibility index (Phi) is 6.09. The zero-order chi connectivity index (χ0) is 18.2. The van der Waals surface area contributed by atoms with Crippen molar-refractivity contribution in [3.63, 3.8) is 0 Å². The lowest BCUT2D eigenvalue weighted by molar-refractivity contribution is 0.0926. The number of rotatable bonds is 8. The Morgan fingerprint density at radius 3 is 2.38 bits per heavy atom. The largest absolute Gasteiger partial charge is 0.459 e. The first kappa shape index (κ1) is 17.8. The van der Waals surface area contributed by atoms with E-state index in [1.807, 2.05) is 54.6 Å². The summed E-state index contributed by atoms with van der Waals surface area (Å²) >= 11 is 0. The number of nitrogens with one attached hydrogen (secondary N) is 1. The molecule has 3 aromatic rings. The summed E-state index contributed by atoms with van der Waals surface area (Å²) in [5.41, 5.74) is 3.01. The van der Waals surface area contributed by atoms with E-state index in [4.69, 9.17) is 4.42 Å². The summed E-state index contributed by atoms with van der Waals surface area (Å²) in [7, 11) is 0. The molecule has 2 aromatic carbocycles. The van der Waals surface area contributed by atoms with Gasteiger partial charge in [0, 0.05) is 30.9 Å². The van der Waals surface area contributed by atoms with Crippen molar-refractivity contribution in [1.29, 1.82) is 0 Å². The van der Waals surface area contributed by atoms with Gasteiger partial charge in [0.1, 0.15) is 0 Å². The molecular formula is C22H24N2O2. The second kappa shape index (κ2) is 8.90. The average Bonchev–Trinajstić information content (AvgIpc) is 3.19. The lowest BCUT2D eigenvalue weighted by Gasteiger charge is -2.23. The Balaban J connectivity index is 1.53. The van der Waals surface area contributed by atoms with Gasteiger partial charge in [0.2, 0.25) is 0 Å². The number of para-hydroxylation sites is 1. The Labute approximate surface area is 154 Å². The molecule has 0 saturated heterocycles. The first-order chi connectivity index (χ1) is 12.8. The molecular weight excluding hydrogens is 324 g/mol. The van der Waals surface area contributed by atoms with E-state index < -0.39 is 0 Å². The van der Waals surface area contributed by atoms with E-state index in [1.165, 1.54) is 5.69 Å². The number of nitrogens with zero attached hydrogens (tertiary/aromatic N) is 1. The van der Waals surface area contributed by atoms with Crippen LogP contribution < -0.4 is 10.2 Å². The molecule has 0 aliphatic heterocycles. The van der Waals surface area contributed by atoms with Gasteiger partial charge < -0.3 is 14.6 Å². The zero-order valence-corrected chi connectivity index (χ0v) is 15.0. The van der Waals surface area contributed by atoms with Gasteiger partial charge in [0.25, 0.3) is 5.91 Å². The maximum absolute atomic E-state index is 12.5. The fourth-order valence-electron chi connectivity index (χ4n) is 2.99. The first-order valence-electron chi connectivity index (χ1n) is 9.00. The number of furan rings is 1. The summed E-state index contributed by atoms with van der Waals surface area (Å²) in [6.07, 6.45) is 2.43. The number of anilines is 1. The molecule has 4 heteroatoms. The zero-order valence-electron chi connectivity index (χ0n) is 15.0. The maximum Gasteiger partial charge on any atom is 0.287 e. The summed E-state index contributed by atoms with van der Waals surface area (Å²) in [6.45, 7) is 4.58. The van der Waals surface area contributed by atoms with Crippen molar-refractivity contribution in [3.05, 3.63) is 78.8 Å². The van der Waals surface area contributed by atoms with E-state index in [2.05, 4.69) is 29.3 Å². The van der Waals surface area contributed by atoms with Gasteiger partial charge >= 0.3 is 0 Å². The van der Waals surface area contributed by atoms with Crippen molar-refractivity contribution in [2.75, 3.05) is 24.5 Å². The molecule has 0 unspecified atom stereocenters. The van der Waals surface area contributed by atoms with Crippen LogP contribution in [0.4, 0.5) is 5.69 Å². The van der Waals surface area contributed by atoms with Gasteiger partial charge in [-0.1, -0.05) is 48.5 Å². The molecule has 1 amide bonds. The lowest BCUT2D eigenvalue weighted by atomic mass is 10.1. The molecule has 1 N–H and O–H groups in total. The highest BCUT2D eigenvalue weighted by molar-refractivity contribution is 5.98. The molecule has 4 nitrogen and oxygen atoms in total. The van der Waals surface area contributed by atoms with Crippen LogP contribution in [0.3, 0.4) is 0 Å². The third kappa shape index (κ3) is 4.33. The fourth-order valence-corrected chi connectivity index (χ4v) is 2.99. The van der Waals surface area contributed by atoms with Crippen LogP contribution >= 0.6 is 0 Å². The topological polar surface area (TPSA) is 45.5 Å². The number of hydrogen-bond donors (Lipinski definition) is 1. The third-order valence-electron chi connectivity index (χ3n) is 4.35. The summed E-state index contributed by atoms with van der Waals surface area (Å²) in [4.78, 5) is 14.8. The number of carbonyl (C=O) groups excluding carboxylic acids is 1. The van der Waals surface area contributed by atoms with Crippen LogP contribution in [0, 0.1) is 0 Å². The molecule has 0 atom stereocenters. The van der Waals surface area contributed by atoms with Gasteiger partial charge in [-0.05, 0) is 37.1 Å². The second-order valence-electron chi connectivity index (χ2n) is 6.05.